The molecule has 4 nitrogen and oxygen atoms in total. The highest BCUT2D eigenvalue weighted by molar-refractivity contribution is 6.36. The van der Waals surface area contributed by atoms with E-state index in [1.165, 1.54) is 0 Å². The van der Waals surface area contributed by atoms with E-state index in [0.29, 0.717) is 11.4 Å². The van der Waals surface area contributed by atoms with Gasteiger partial charge >= 0.3 is 0 Å². The average molecular weight is 286 g/mol. The number of methoxy groups -OCH3 is 1. The van der Waals surface area contributed by atoms with Crippen molar-refractivity contribution in [2.75, 3.05) is 7.11 Å². The first kappa shape index (κ1) is 12.8. The zero-order chi connectivity index (χ0) is 13.9. The maximum absolute atomic E-state index is 6.45. The molecule has 0 aliphatic heterocycles. The number of benzene rings is 1. The normalized spacial score (nSPS) is 10.7. The molecule has 0 saturated carbocycles. The summed E-state index contributed by atoms with van der Waals surface area (Å²) in [6, 6.07) is 9.45. The van der Waals surface area contributed by atoms with E-state index >= 15 is 0 Å². The molecule has 3 rings (SSSR count). The molecule has 0 unspecified atom stereocenters. The van der Waals surface area contributed by atoms with Crippen molar-refractivity contribution in [1.82, 2.24) is 15.2 Å². The van der Waals surface area contributed by atoms with E-state index < -0.39 is 0 Å². The van der Waals surface area contributed by atoms with Gasteiger partial charge in [0.05, 0.1) is 23.3 Å². The molecule has 0 aliphatic carbocycles. The first-order valence-electron chi connectivity index (χ1n) is 6.15. The summed E-state index contributed by atoms with van der Waals surface area (Å²) in [6.07, 6.45) is 4.13. The van der Waals surface area contributed by atoms with E-state index in [-0.39, 0.29) is 0 Å². The van der Waals surface area contributed by atoms with Gasteiger partial charge in [0.25, 0.3) is 0 Å². The molecule has 3 aromatic rings. The Balaban J connectivity index is 2.06. The van der Waals surface area contributed by atoms with Crippen LogP contribution in [0, 0.1) is 0 Å². The second-order valence-electron chi connectivity index (χ2n) is 4.38. The lowest BCUT2D eigenvalue weighted by Gasteiger charge is -2.07. The fourth-order valence-corrected chi connectivity index (χ4v) is 2.28. The number of ether oxygens (including phenoxy) is 1. The maximum atomic E-state index is 6.45. The van der Waals surface area contributed by atoms with Crippen molar-refractivity contribution in [2.24, 2.45) is 0 Å². The molecule has 0 bridgehead atoms. The van der Waals surface area contributed by atoms with Gasteiger partial charge in [-0.3, -0.25) is 4.98 Å². The van der Waals surface area contributed by atoms with Crippen LogP contribution >= 0.6 is 11.6 Å². The lowest BCUT2D eigenvalue weighted by molar-refractivity contribution is 0.415. The molecule has 0 fully saturated rings. The monoisotopic (exact) mass is 285 g/mol. The van der Waals surface area contributed by atoms with Crippen molar-refractivity contribution in [2.45, 2.75) is 6.42 Å². The minimum absolute atomic E-state index is 0.616. The molecule has 0 radical (unpaired) electrons. The van der Waals surface area contributed by atoms with Crippen LogP contribution in [-0.2, 0) is 6.42 Å². The van der Waals surface area contributed by atoms with E-state index in [0.717, 1.165) is 27.9 Å². The number of hydrogen-bond donors (Lipinski definition) is 0. The Hall–Kier alpha value is -2.20. The predicted octanol–water partition coefficient (Wildman–Crippen LogP) is 3.28. The number of rotatable bonds is 3. The summed E-state index contributed by atoms with van der Waals surface area (Å²) in [4.78, 5) is 4.00. The van der Waals surface area contributed by atoms with Crippen LogP contribution in [0.1, 0.15) is 11.3 Å². The number of aromatic nitrogens is 3. The van der Waals surface area contributed by atoms with Gasteiger partial charge in [0.2, 0.25) is 0 Å². The van der Waals surface area contributed by atoms with Crippen molar-refractivity contribution in [3.63, 3.8) is 0 Å². The Kier molecular flexibility index (Phi) is 3.48. The second kappa shape index (κ2) is 5.43. The maximum Gasteiger partial charge on any atom is 0.119 e. The highest BCUT2D eigenvalue weighted by Crippen LogP contribution is 2.28. The standard InChI is InChI=1S/C15H12ClN3O/c1-20-11-2-3-13-12(9-11)15(16)14(19-18-13)8-10-4-6-17-7-5-10/h2-7,9H,8H2,1H3. The molecule has 1 aromatic carbocycles. The molecule has 20 heavy (non-hydrogen) atoms. The summed E-state index contributed by atoms with van der Waals surface area (Å²) >= 11 is 6.45. The van der Waals surface area contributed by atoms with Crippen LogP contribution in [0.15, 0.2) is 42.7 Å². The molecular weight excluding hydrogens is 274 g/mol. The fourth-order valence-electron chi connectivity index (χ4n) is 2.03. The molecule has 0 N–H and O–H groups in total. The lowest BCUT2D eigenvalue weighted by Crippen LogP contribution is -1.98. The van der Waals surface area contributed by atoms with Crippen LogP contribution in [0.3, 0.4) is 0 Å². The Labute approximate surface area is 121 Å². The summed E-state index contributed by atoms with van der Waals surface area (Å²) < 4.78 is 5.22. The Bertz CT molecular complexity index is 747. The van der Waals surface area contributed by atoms with E-state index in [1.54, 1.807) is 19.5 Å². The van der Waals surface area contributed by atoms with E-state index in [4.69, 9.17) is 16.3 Å². The third-order valence-electron chi connectivity index (χ3n) is 3.09. The third-order valence-corrected chi connectivity index (χ3v) is 3.51. The molecule has 0 saturated heterocycles. The van der Waals surface area contributed by atoms with Gasteiger partial charge in [-0.2, -0.15) is 10.2 Å². The van der Waals surface area contributed by atoms with Crippen LogP contribution in [0.4, 0.5) is 0 Å². The van der Waals surface area contributed by atoms with Crippen LogP contribution < -0.4 is 4.74 Å². The summed E-state index contributed by atoms with van der Waals surface area (Å²) in [5, 5.41) is 9.89. The van der Waals surface area contributed by atoms with Crippen molar-refractivity contribution >= 4 is 22.5 Å². The second-order valence-corrected chi connectivity index (χ2v) is 4.75. The minimum Gasteiger partial charge on any atom is -0.497 e. The van der Waals surface area contributed by atoms with Crippen molar-refractivity contribution in [3.8, 4) is 5.75 Å². The topological polar surface area (TPSA) is 47.9 Å². The fraction of sp³-hybridized carbons (Fsp3) is 0.133. The quantitative estimate of drug-likeness (QED) is 0.741. The predicted molar refractivity (Wildman–Crippen MR) is 78.1 cm³/mol. The van der Waals surface area contributed by atoms with Gasteiger partial charge in [-0.25, -0.2) is 0 Å². The van der Waals surface area contributed by atoms with Crippen LogP contribution in [0.2, 0.25) is 5.02 Å². The third kappa shape index (κ3) is 2.42. The molecular formula is C15H12ClN3O. The van der Waals surface area contributed by atoms with E-state index in [2.05, 4.69) is 15.2 Å². The van der Waals surface area contributed by atoms with Crippen LogP contribution in [0.25, 0.3) is 10.9 Å². The van der Waals surface area contributed by atoms with E-state index in [1.807, 2.05) is 30.3 Å². The molecule has 0 atom stereocenters. The number of fused-ring (bicyclic) bond motifs is 1. The Morgan fingerprint density at radius 2 is 1.90 bits per heavy atom. The average Bonchev–Trinajstić information content (AvgIpc) is 2.51. The van der Waals surface area contributed by atoms with Gasteiger partial charge in [0.1, 0.15) is 5.75 Å². The Morgan fingerprint density at radius 1 is 1.10 bits per heavy atom. The molecule has 0 aliphatic rings. The van der Waals surface area contributed by atoms with E-state index in [9.17, 15) is 0 Å². The Morgan fingerprint density at radius 3 is 2.65 bits per heavy atom. The molecule has 0 spiro atoms. The van der Waals surface area contributed by atoms with Gasteiger partial charge in [-0.15, -0.1) is 0 Å². The van der Waals surface area contributed by atoms with Crippen molar-refractivity contribution in [3.05, 3.63) is 59.0 Å². The van der Waals surface area contributed by atoms with Gasteiger partial charge in [-0.05, 0) is 35.9 Å². The van der Waals surface area contributed by atoms with Crippen molar-refractivity contribution in [1.29, 1.82) is 0 Å². The van der Waals surface area contributed by atoms with Crippen molar-refractivity contribution < 1.29 is 4.74 Å². The SMILES string of the molecule is COc1ccc2nnc(Cc3ccncc3)c(Cl)c2c1. The first-order valence-corrected chi connectivity index (χ1v) is 6.53. The number of pyridine rings is 1. The highest BCUT2D eigenvalue weighted by Gasteiger charge is 2.10. The minimum atomic E-state index is 0.616. The molecule has 2 heterocycles. The number of hydrogen-bond acceptors (Lipinski definition) is 4. The molecule has 5 heteroatoms. The zero-order valence-corrected chi connectivity index (χ0v) is 11.6. The van der Waals surface area contributed by atoms with Crippen LogP contribution in [-0.4, -0.2) is 22.3 Å². The van der Waals surface area contributed by atoms with Crippen LogP contribution in [0.5, 0.6) is 5.75 Å². The molecule has 0 amide bonds. The zero-order valence-electron chi connectivity index (χ0n) is 10.9. The smallest absolute Gasteiger partial charge is 0.119 e. The van der Waals surface area contributed by atoms with Gasteiger partial charge < -0.3 is 4.74 Å². The number of halogens is 1. The number of nitrogens with zero attached hydrogens (tertiary/aromatic N) is 3. The van der Waals surface area contributed by atoms with Gasteiger partial charge in [-0.1, -0.05) is 11.6 Å². The largest absolute Gasteiger partial charge is 0.497 e. The summed E-state index contributed by atoms with van der Waals surface area (Å²) in [7, 11) is 1.63. The van der Waals surface area contributed by atoms with Gasteiger partial charge in [0, 0.05) is 24.2 Å². The lowest BCUT2D eigenvalue weighted by atomic mass is 10.1. The first-order chi connectivity index (χ1) is 9.78. The summed E-state index contributed by atoms with van der Waals surface area (Å²) in [5.74, 6) is 0.752. The summed E-state index contributed by atoms with van der Waals surface area (Å²) in [6.45, 7) is 0. The van der Waals surface area contributed by atoms with Gasteiger partial charge in [0.15, 0.2) is 0 Å². The highest BCUT2D eigenvalue weighted by atomic mass is 35.5. The molecule has 2 aromatic heterocycles. The molecule has 100 valence electrons. The summed E-state index contributed by atoms with van der Waals surface area (Å²) in [5.41, 5.74) is 2.60.